The highest BCUT2D eigenvalue weighted by molar-refractivity contribution is 5.92. The minimum Gasteiger partial charge on any atom is -0.364 e. The highest BCUT2D eigenvalue weighted by Crippen LogP contribution is 2.14. The van der Waals surface area contributed by atoms with E-state index in [2.05, 4.69) is 12.0 Å². The van der Waals surface area contributed by atoms with Gasteiger partial charge in [0.1, 0.15) is 5.69 Å². The first-order valence-electron chi connectivity index (χ1n) is 4.94. The molecule has 1 aromatic heterocycles. The molecule has 0 spiro atoms. The molecule has 0 aliphatic carbocycles. The van der Waals surface area contributed by atoms with Crippen LogP contribution in [0, 0.1) is 0 Å². The van der Waals surface area contributed by atoms with E-state index in [4.69, 9.17) is 5.73 Å². The minimum atomic E-state index is -0.389. The van der Waals surface area contributed by atoms with Crippen LogP contribution in [-0.2, 0) is 6.42 Å². The van der Waals surface area contributed by atoms with E-state index in [1.807, 2.05) is 13.8 Å². The van der Waals surface area contributed by atoms with Gasteiger partial charge in [-0.2, -0.15) is 5.10 Å². The smallest absolute Gasteiger partial charge is 0.267 e. The van der Waals surface area contributed by atoms with Crippen molar-refractivity contribution in [1.82, 2.24) is 9.78 Å². The molecule has 1 aromatic rings. The lowest BCUT2D eigenvalue weighted by atomic mass is 10.1. The van der Waals surface area contributed by atoms with Gasteiger partial charge in [-0.15, -0.1) is 0 Å². The van der Waals surface area contributed by atoms with Crippen molar-refractivity contribution >= 4 is 5.91 Å². The molecule has 0 saturated heterocycles. The fourth-order valence-corrected chi connectivity index (χ4v) is 1.51. The van der Waals surface area contributed by atoms with E-state index in [0.717, 1.165) is 18.4 Å². The zero-order valence-electron chi connectivity index (χ0n) is 8.95. The standard InChI is InChI=1S/C10H17N3O/c1-4-5-8-6-12-13(7(2)3)9(8)10(11)14/h6-7H,4-5H2,1-3H3,(H2,11,14). The topological polar surface area (TPSA) is 60.9 Å². The van der Waals surface area contributed by atoms with Crippen LogP contribution in [0.5, 0.6) is 0 Å². The molecule has 0 aliphatic rings. The Kier molecular flexibility index (Phi) is 3.28. The zero-order chi connectivity index (χ0) is 10.7. The van der Waals surface area contributed by atoms with Crippen molar-refractivity contribution in [2.45, 2.75) is 39.7 Å². The van der Waals surface area contributed by atoms with Gasteiger partial charge in [0.05, 0.1) is 6.20 Å². The van der Waals surface area contributed by atoms with Crippen molar-refractivity contribution in [3.8, 4) is 0 Å². The number of hydrogen-bond donors (Lipinski definition) is 1. The second-order valence-corrected chi connectivity index (χ2v) is 3.67. The van der Waals surface area contributed by atoms with Crippen LogP contribution in [0.25, 0.3) is 0 Å². The summed E-state index contributed by atoms with van der Waals surface area (Å²) in [7, 11) is 0. The number of aryl methyl sites for hydroxylation is 1. The SMILES string of the molecule is CCCc1cnn(C(C)C)c1C(N)=O. The molecule has 0 unspecified atom stereocenters. The monoisotopic (exact) mass is 195 g/mol. The van der Waals surface area contributed by atoms with E-state index >= 15 is 0 Å². The molecule has 4 heteroatoms. The first-order valence-corrected chi connectivity index (χ1v) is 4.94. The van der Waals surface area contributed by atoms with E-state index in [9.17, 15) is 4.79 Å². The molecule has 4 nitrogen and oxygen atoms in total. The Morgan fingerprint density at radius 3 is 2.71 bits per heavy atom. The molecule has 0 fully saturated rings. The summed E-state index contributed by atoms with van der Waals surface area (Å²) < 4.78 is 1.69. The molecule has 1 rings (SSSR count). The van der Waals surface area contributed by atoms with Crippen molar-refractivity contribution in [1.29, 1.82) is 0 Å². The molecular formula is C10H17N3O. The highest BCUT2D eigenvalue weighted by Gasteiger charge is 2.16. The maximum atomic E-state index is 11.2. The average molecular weight is 195 g/mol. The molecule has 0 saturated carbocycles. The Morgan fingerprint density at radius 1 is 1.64 bits per heavy atom. The van der Waals surface area contributed by atoms with Gasteiger partial charge in [0.15, 0.2) is 0 Å². The maximum Gasteiger partial charge on any atom is 0.267 e. The number of carbonyl (C=O) groups excluding carboxylic acids is 1. The molecule has 78 valence electrons. The summed E-state index contributed by atoms with van der Waals surface area (Å²) >= 11 is 0. The number of primary amides is 1. The lowest BCUT2D eigenvalue weighted by molar-refractivity contribution is 0.0987. The van der Waals surface area contributed by atoms with E-state index in [-0.39, 0.29) is 11.9 Å². The summed E-state index contributed by atoms with van der Waals surface area (Å²) in [4.78, 5) is 11.2. The molecule has 0 aromatic carbocycles. The summed E-state index contributed by atoms with van der Waals surface area (Å²) in [6, 6.07) is 0.170. The van der Waals surface area contributed by atoms with Crippen molar-refractivity contribution in [2.24, 2.45) is 5.73 Å². The second kappa shape index (κ2) is 4.26. The van der Waals surface area contributed by atoms with E-state index in [1.54, 1.807) is 10.9 Å². The predicted octanol–water partition coefficient (Wildman–Crippen LogP) is 1.52. The molecule has 0 aliphatic heterocycles. The lowest BCUT2D eigenvalue weighted by Crippen LogP contribution is -2.20. The van der Waals surface area contributed by atoms with Gasteiger partial charge in [-0.05, 0) is 20.3 Å². The van der Waals surface area contributed by atoms with Crippen LogP contribution >= 0.6 is 0 Å². The summed E-state index contributed by atoms with van der Waals surface area (Å²) in [5.74, 6) is -0.389. The van der Waals surface area contributed by atoms with E-state index in [1.165, 1.54) is 0 Å². The van der Waals surface area contributed by atoms with Crippen LogP contribution in [0.1, 0.15) is 49.3 Å². The van der Waals surface area contributed by atoms with Crippen LogP contribution < -0.4 is 5.73 Å². The maximum absolute atomic E-state index is 11.2. The van der Waals surface area contributed by atoms with Gasteiger partial charge in [-0.25, -0.2) is 0 Å². The summed E-state index contributed by atoms with van der Waals surface area (Å²) in [6.07, 6.45) is 3.58. The molecule has 14 heavy (non-hydrogen) atoms. The van der Waals surface area contributed by atoms with Gasteiger partial charge in [0.2, 0.25) is 0 Å². The van der Waals surface area contributed by atoms with E-state index < -0.39 is 0 Å². The Balaban J connectivity index is 3.13. The summed E-state index contributed by atoms with van der Waals surface area (Å²) in [6.45, 7) is 6.03. The Morgan fingerprint density at radius 2 is 2.29 bits per heavy atom. The van der Waals surface area contributed by atoms with E-state index in [0.29, 0.717) is 5.69 Å². The second-order valence-electron chi connectivity index (χ2n) is 3.67. The highest BCUT2D eigenvalue weighted by atomic mass is 16.1. The largest absolute Gasteiger partial charge is 0.364 e. The third-order valence-electron chi connectivity index (χ3n) is 2.11. The minimum absolute atomic E-state index is 0.170. The normalized spacial score (nSPS) is 10.9. The Bertz CT molecular complexity index is 328. The van der Waals surface area contributed by atoms with Gasteiger partial charge in [-0.3, -0.25) is 9.48 Å². The molecule has 0 bridgehead atoms. The van der Waals surface area contributed by atoms with Crippen molar-refractivity contribution in [3.05, 3.63) is 17.5 Å². The van der Waals surface area contributed by atoms with Crippen molar-refractivity contribution in [3.63, 3.8) is 0 Å². The van der Waals surface area contributed by atoms with Crippen molar-refractivity contribution < 1.29 is 4.79 Å². The number of rotatable bonds is 4. The quantitative estimate of drug-likeness (QED) is 0.791. The van der Waals surface area contributed by atoms with Gasteiger partial charge < -0.3 is 5.73 Å². The van der Waals surface area contributed by atoms with Crippen LogP contribution in [0.4, 0.5) is 0 Å². The van der Waals surface area contributed by atoms with Gasteiger partial charge in [0, 0.05) is 11.6 Å². The molecule has 1 heterocycles. The number of nitrogens with two attached hydrogens (primary N) is 1. The average Bonchev–Trinajstić information content (AvgIpc) is 2.48. The lowest BCUT2D eigenvalue weighted by Gasteiger charge is -2.09. The molecule has 1 amide bonds. The molecule has 0 radical (unpaired) electrons. The zero-order valence-corrected chi connectivity index (χ0v) is 8.95. The molecule has 2 N–H and O–H groups in total. The third kappa shape index (κ3) is 1.95. The van der Waals surface area contributed by atoms with Crippen LogP contribution in [-0.4, -0.2) is 15.7 Å². The first kappa shape index (κ1) is 10.8. The first-order chi connectivity index (χ1) is 6.57. The van der Waals surface area contributed by atoms with Gasteiger partial charge in [-0.1, -0.05) is 13.3 Å². The van der Waals surface area contributed by atoms with Crippen LogP contribution in [0.15, 0.2) is 6.20 Å². The fraction of sp³-hybridized carbons (Fsp3) is 0.600. The third-order valence-corrected chi connectivity index (χ3v) is 2.11. The Hall–Kier alpha value is -1.32. The van der Waals surface area contributed by atoms with Crippen molar-refractivity contribution in [2.75, 3.05) is 0 Å². The number of carbonyl (C=O) groups is 1. The summed E-state index contributed by atoms with van der Waals surface area (Å²) in [5.41, 5.74) is 6.84. The Labute approximate surface area is 84.1 Å². The molecule has 0 atom stereocenters. The number of aromatic nitrogens is 2. The predicted molar refractivity (Wildman–Crippen MR) is 55.1 cm³/mol. The number of amides is 1. The van der Waals surface area contributed by atoms with Crippen LogP contribution in [0.3, 0.4) is 0 Å². The fourth-order valence-electron chi connectivity index (χ4n) is 1.51. The van der Waals surface area contributed by atoms with Gasteiger partial charge in [0.25, 0.3) is 5.91 Å². The van der Waals surface area contributed by atoms with Gasteiger partial charge >= 0.3 is 0 Å². The summed E-state index contributed by atoms with van der Waals surface area (Å²) in [5, 5.41) is 4.17. The number of nitrogens with zero attached hydrogens (tertiary/aromatic N) is 2. The molecular weight excluding hydrogens is 178 g/mol. The number of hydrogen-bond acceptors (Lipinski definition) is 2. The van der Waals surface area contributed by atoms with Crippen LogP contribution in [0.2, 0.25) is 0 Å².